The van der Waals surface area contributed by atoms with E-state index < -0.39 is 191 Å². The number of carbonyl (C=O) groups is 2. The minimum Gasteiger partial charge on any atom is -0.508 e. The number of ether oxygens (including phenoxy) is 5. The van der Waals surface area contributed by atoms with Gasteiger partial charge in [0.2, 0.25) is 10.9 Å². The van der Waals surface area contributed by atoms with E-state index in [0.717, 1.165) is 78.9 Å². The van der Waals surface area contributed by atoms with Gasteiger partial charge in [-0.3, -0.25) is 9.59 Å². The molecule has 0 saturated carbocycles. The molecule has 3 aliphatic rings. The molecule has 8 aromatic carbocycles. The molecule has 0 fully saturated rings. The van der Waals surface area contributed by atoms with E-state index in [0.29, 0.717) is 6.07 Å². The maximum absolute atomic E-state index is 14.8. The van der Waals surface area contributed by atoms with Crippen LogP contribution in [0.4, 0.5) is 0 Å². The Labute approximate surface area is 456 Å². The summed E-state index contributed by atoms with van der Waals surface area (Å²) in [6, 6.07) is 12.9. The first-order valence-corrected chi connectivity index (χ1v) is 24.4. The van der Waals surface area contributed by atoms with Crippen LogP contribution in [0.5, 0.6) is 103 Å². The van der Waals surface area contributed by atoms with Crippen molar-refractivity contribution >= 4 is 33.5 Å². The summed E-state index contributed by atoms with van der Waals surface area (Å²) in [6.45, 7) is 0. The molecule has 25 heteroatoms. The molecule has 0 spiro atoms. The van der Waals surface area contributed by atoms with Crippen molar-refractivity contribution in [3.05, 3.63) is 150 Å². The Bertz CT molecular complexity index is 4210. The molecular formula is C57H42O25. The second-order valence-corrected chi connectivity index (χ2v) is 19.6. The summed E-state index contributed by atoms with van der Waals surface area (Å²) in [4.78, 5) is 56.8. The van der Waals surface area contributed by atoms with E-state index in [-0.39, 0.29) is 57.1 Å². The third-order valence-electron chi connectivity index (χ3n) is 14.4. The van der Waals surface area contributed by atoms with Crippen molar-refractivity contribution in [2.24, 2.45) is 0 Å². The van der Waals surface area contributed by atoms with Crippen molar-refractivity contribution in [1.82, 2.24) is 0 Å². The molecule has 0 unspecified atom stereocenters. The van der Waals surface area contributed by atoms with E-state index in [4.69, 9.17) is 23.7 Å². The lowest BCUT2D eigenvalue weighted by Crippen LogP contribution is -2.35. The fourth-order valence-corrected chi connectivity index (χ4v) is 10.5. The Morgan fingerprint density at radius 1 is 0.390 bits per heavy atom. The van der Waals surface area contributed by atoms with Crippen molar-refractivity contribution in [1.29, 1.82) is 0 Å². The smallest absolute Gasteiger partial charge is 0.338 e. The van der Waals surface area contributed by atoms with Crippen molar-refractivity contribution in [3.8, 4) is 103 Å². The molecule has 0 amide bonds. The third-order valence-corrected chi connectivity index (χ3v) is 14.4. The number of phenolic OH excluding ortho intramolecular Hbond substituents is 13. The summed E-state index contributed by atoms with van der Waals surface area (Å²) in [5.74, 6) is -15.7. The summed E-state index contributed by atoms with van der Waals surface area (Å²) in [7, 11) is 0. The number of carbonyl (C=O) groups excluding carboxylic acids is 2. The summed E-state index contributed by atoms with van der Waals surface area (Å²) in [6.07, 6.45) is -11.4. The molecule has 0 aliphatic carbocycles. The number of benzene rings is 6. The Balaban J connectivity index is 1.06. The van der Waals surface area contributed by atoms with Crippen LogP contribution in [0.2, 0.25) is 0 Å². The maximum Gasteiger partial charge on any atom is 0.338 e. The Morgan fingerprint density at radius 3 is 1.27 bits per heavy atom. The molecule has 11 rings (SSSR count). The van der Waals surface area contributed by atoms with Crippen LogP contribution < -0.4 is 25.1 Å². The average Bonchev–Trinajstić information content (AvgIpc) is 2.55. The minimum absolute atomic E-state index is 0.0478. The van der Waals surface area contributed by atoms with Gasteiger partial charge in [-0.15, -0.1) is 0 Å². The first-order valence-electron chi connectivity index (χ1n) is 24.4. The molecule has 16 N–H and O–H groups in total. The number of phenols is 13. The van der Waals surface area contributed by atoms with Crippen LogP contribution in [0.15, 0.2) is 94.5 Å². The molecule has 25 nitrogen and oxygen atoms in total. The number of esters is 2. The van der Waals surface area contributed by atoms with E-state index in [1.54, 1.807) is 0 Å². The molecule has 0 bridgehead atoms. The van der Waals surface area contributed by atoms with Crippen molar-refractivity contribution < 1.29 is 115 Å². The fraction of sp³-hybridized carbons (Fsp3) is 0.158. The predicted octanol–water partition coefficient (Wildman–Crippen LogP) is 5.14. The topological polar surface area (TPSA) is 438 Å². The van der Waals surface area contributed by atoms with Crippen LogP contribution in [0.25, 0.3) is 21.5 Å². The molecule has 82 heavy (non-hydrogen) atoms. The van der Waals surface area contributed by atoms with Crippen LogP contribution in [0.3, 0.4) is 0 Å². The van der Waals surface area contributed by atoms with Gasteiger partial charge >= 0.3 is 11.9 Å². The monoisotopic (exact) mass is 1130 g/mol. The lowest BCUT2D eigenvalue weighted by molar-refractivity contribution is -0.0193. The third kappa shape index (κ3) is 8.91. The highest BCUT2D eigenvalue weighted by molar-refractivity contribution is 6.00. The predicted molar refractivity (Wildman–Crippen MR) is 277 cm³/mol. The molecule has 0 radical (unpaired) electrons. The zero-order valence-corrected chi connectivity index (χ0v) is 41.5. The van der Waals surface area contributed by atoms with E-state index in [2.05, 4.69) is 0 Å². The van der Waals surface area contributed by atoms with E-state index >= 15 is 0 Å². The maximum atomic E-state index is 14.8. The van der Waals surface area contributed by atoms with Gasteiger partial charge in [-0.1, -0.05) is 0 Å². The normalized spacial score (nSPS) is 18.9. The second-order valence-electron chi connectivity index (χ2n) is 19.6. The SMILES string of the molecule is O=C(O[C@@H]1Cc2c(O)cc(O)cc2O[C@@H]1c1cc(O)c(=O)c2c(O)c(O)cc([C@H]3Oc4cc(O)cc(O)c4C[C@H]3OC(=O)c3cc(O)c(O)c(O)c3)c2c1)c1cc(O)c(=O)c2c(O)c(O)cc([C@H]3Oc4cc(O)cc(O)c4C[C@H]3O)c2c1. The Morgan fingerprint density at radius 2 is 0.768 bits per heavy atom. The zero-order valence-electron chi connectivity index (χ0n) is 41.5. The van der Waals surface area contributed by atoms with Gasteiger partial charge in [0.25, 0.3) is 0 Å². The Kier molecular flexibility index (Phi) is 12.5. The highest BCUT2D eigenvalue weighted by Crippen LogP contribution is 2.50. The number of hydrogen-bond donors (Lipinski definition) is 16. The molecule has 3 heterocycles. The van der Waals surface area contributed by atoms with Gasteiger partial charge < -0.3 is 105 Å². The molecule has 0 saturated heterocycles. The number of aromatic hydroxyl groups is 15. The van der Waals surface area contributed by atoms with Gasteiger partial charge in [-0.2, -0.15) is 0 Å². The van der Waals surface area contributed by atoms with Crippen LogP contribution in [0.1, 0.15) is 72.4 Å². The first-order chi connectivity index (χ1) is 38.8. The van der Waals surface area contributed by atoms with E-state index in [1.165, 1.54) is 0 Å². The highest BCUT2D eigenvalue weighted by atomic mass is 16.6. The molecule has 8 aromatic rings. The lowest BCUT2D eigenvalue weighted by atomic mass is 9.89. The van der Waals surface area contributed by atoms with Gasteiger partial charge in [0, 0.05) is 89.0 Å². The van der Waals surface area contributed by atoms with Crippen LogP contribution >= 0.6 is 0 Å². The largest absolute Gasteiger partial charge is 0.508 e. The van der Waals surface area contributed by atoms with Gasteiger partial charge in [0.15, 0.2) is 70.1 Å². The number of aliphatic hydroxyl groups excluding tert-OH is 1. The van der Waals surface area contributed by atoms with Gasteiger partial charge in [0.05, 0.1) is 28.0 Å². The standard InChI is InChI=1S/C57H42O25/c58-21-7-31(61)28-15-40(70)54(79-41(28)10-21)26-13-38(68)51(74)47-25(26)2-19(4-37(67)50(47)73)56(76)81-44-16-29-32(62)8-22(59)11-42(29)78-53(44)18-1-24-27(14-39(69)52(75)46(24)49(72)36(66)3-18)55-45(17-30-33(63)9-23(60)12-43(30)80-55)82-57(77)20-5-34(64)48(71)35(65)6-20/h1-14,40,44-45,53-55,58-65,68-71,74-75H,15-17H2,(H,66,72)(H,67,73)/t40-,44-,45-,53-,54-,55-/m1/s1. The lowest BCUT2D eigenvalue weighted by Gasteiger charge is -2.35. The van der Waals surface area contributed by atoms with Gasteiger partial charge in [-0.25, -0.2) is 9.59 Å². The summed E-state index contributed by atoms with van der Waals surface area (Å²) >= 11 is 0. The van der Waals surface area contributed by atoms with Crippen molar-refractivity contribution in [3.63, 3.8) is 0 Å². The molecular weight excluding hydrogens is 1080 g/mol. The van der Waals surface area contributed by atoms with E-state index in [1.807, 2.05) is 0 Å². The van der Waals surface area contributed by atoms with Gasteiger partial charge in [0.1, 0.15) is 64.0 Å². The molecule has 6 atom stereocenters. The number of aliphatic hydroxyl groups is 1. The van der Waals surface area contributed by atoms with E-state index in [9.17, 15) is 101 Å². The number of fused-ring (bicyclic) bond motifs is 5. The second kappa shape index (κ2) is 19.4. The minimum atomic E-state index is -1.78. The number of rotatable bonds is 7. The molecule has 0 aromatic heterocycles. The average molecular weight is 1130 g/mol. The fourth-order valence-electron chi connectivity index (χ4n) is 10.5. The summed E-state index contributed by atoms with van der Waals surface area (Å²) in [5.41, 5.74) is -4.90. The summed E-state index contributed by atoms with van der Waals surface area (Å²) < 4.78 is 30.5. The first kappa shape index (κ1) is 52.9. The summed E-state index contributed by atoms with van der Waals surface area (Å²) in [5, 5.41) is 171. The van der Waals surface area contributed by atoms with Crippen molar-refractivity contribution in [2.75, 3.05) is 0 Å². The van der Waals surface area contributed by atoms with Crippen LogP contribution in [-0.4, -0.2) is 112 Å². The van der Waals surface area contributed by atoms with Crippen molar-refractivity contribution in [2.45, 2.75) is 55.9 Å². The van der Waals surface area contributed by atoms with Gasteiger partial charge in [-0.05, 0) is 59.3 Å². The highest BCUT2D eigenvalue weighted by Gasteiger charge is 2.42. The molecule has 3 aliphatic heterocycles. The number of hydrogen-bond acceptors (Lipinski definition) is 25. The van der Waals surface area contributed by atoms with Crippen LogP contribution in [-0.2, 0) is 28.7 Å². The Hall–Kier alpha value is -11.1. The zero-order chi connectivity index (χ0) is 58.7. The van der Waals surface area contributed by atoms with Crippen LogP contribution in [0, 0.1) is 0 Å². The quantitative estimate of drug-likeness (QED) is 0.0725. The molecule has 420 valence electrons.